The van der Waals surface area contributed by atoms with Crippen molar-refractivity contribution in [2.45, 2.75) is 88.1 Å². The van der Waals surface area contributed by atoms with Crippen molar-refractivity contribution in [1.82, 2.24) is 14.5 Å². The molecule has 1 aromatic carbocycles. The van der Waals surface area contributed by atoms with Crippen molar-refractivity contribution in [2.75, 3.05) is 19.4 Å². The number of carbonyl (C=O) groups excluding carboxylic acids is 1. The van der Waals surface area contributed by atoms with Gasteiger partial charge in [-0.25, -0.2) is 4.98 Å². The minimum Gasteiger partial charge on any atom is -0.496 e. The summed E-state index contributed by atoms with van der Waals surface area (Å²) in [4.78, 5) is 21.0. The summed E-state index contributed by atoms with van der Waals surface area (Å²) in [6.07, 6.45) is 14.8. The number of hydrogen-bond donors (Lipinski definition) is 1. The van der Waals surface area contributed by atoms with Crippen LogP contribution in [0, 0.1) is 5.92 Å². The minimum atomic E-state index is -0.465. The second-order valence-corrected chi connectivity index (χ2v) is 13.2. The molecule has 196 valence electrons. The molecule has 3 aliphatic rings. The van der Waals surface area contributed by atoms with Crippen LogP contribution in [0.2, 0.25) is 0 Å². The first-order chi connectivity index (χ1) is 17.7. The first-order valence-corrected chi connectivity index (χ1v) is 16.1. The van der Waals surface area contributed by atoms with Crippen LogP contribution in [0.25, 0.3) is 11.3 Å². The quantitative estimate of drug-likeness (QED) is 0.420. The molecule has 1 aromatic heterocycles. The van der Waals surface area contributed by atoms with Crippen molar-refractivity contribution in [3.63, 3.8) is 0 Å². The van der Waals surface area contributed by atoms with Crippen molar-refractivity contribution in [3.05, 3.63) is 36.3 Å². The Morgan fingerprint density at radius 3 is 2.56 bits per heavy atom. The lowest BCUT2D eigenvalue weighted by atomic mass is 9.82. The van der Waals surface area contributed by atoms with Crippen LogP contribution in [0.15, 0.2) is 30.5 Å². The summed E-state index contributed by atoms with van der Waals surface area (Å²) in [6, 6.07) is 7.57. The fourth-order valence-electron chi connectivity index (χ4n) is 6.14. The molecule has 6 nitrogen and oxygen atoms in total. The number of para-hydroxylation sites is 1. The molecule has 1 unspecified atom stereocenters. The van der Waals surface area contributed by atoms with Gasteiger partial charge in [-0.05, 0) is 43.7 Å². The summed E-state index contributed by atoms with van der Waals surface area (Å²) in [5, 5.41) is 0.719. The van der Waals surface area contributed by atoms with Crippen LogP contribution >= 0.6 is 21.6 Å². The van der Waals surface area contributed by atoms with E-state index >= 15 is 0 Å². The molecule has 2 aliphatic carbocycles. The zero-order chi connectivity index (χ0) is 24.9. The summed E-state index contributed by atoms with van der Waals surface area (Å²) in [6.45, 7) is 1.45. The van der Waals surface area contributed by atoms with Gasteiger partial charge < -0.3 is 19.9 Å². The number of amides is 1. The first-order valence-electron chi connectivity index (χ1n) is 13.7. The van der Waals surface area contributed by atoms with Crippen molar-refractivity contribution in [2.24, 2.45) is 11.7 Å². The maximum absolute atomic E-state index is 13.7. The lowest BCUT2D eigenvalue weighted by Crippen LogP contribution is -2.52. The number of aromatic nitrogens is 2. The van der Waals surface area contributed by atoms with Gasteiger partial charge >= 0.3 is 0 Å². The minimum absolute atomic E-state index is 0.00273. The van der Waals surface area contributed by atoms with Gasteiger partial charge in [-0.3, -0.25) is 4.79 Å². The third-order valence-electron chi connectivity index (χ3n) is 8.07. The molecule has 1 amide bonds. The monoisotopic (exact) mass is 528 g/mol. The van der Waals surface area contributed by atoms with Gasteiger partial charge in [-0.2, -0.15) is 0 Å². The average Bonchev–Trinajstić information content (AvgIpc) is 3.37. The van der Waals surface area contributed by atoms with Crippen LogP contribution in [0.1, 0.15) is 76.1 Å². The molecule has 36 heavy (non-hydrogen) atoms. The Bertz CT molecular complexity index is 1020. The fourth-order valence-corrected chi connectivity index (χ4v) is 9.06. The highest BCUT2D eigenvalue weighted by Gasteiger charge is 2.40. The molecule has 0 saturated heterocycles. The number of methoxy groups -OCH3 is 1. The van der Waals surface area contributed by atoms with Gasteiger partial charge in [0.1, 0.15) is 11.6 Å². The number of carbonyl (C=O) groups is 1. The number of hydrogen-bond acceptors (Lipinski definition) is 6. The normalized spacial score (nSPS) is 22.3. The molecule has 0 spiro atoms. The Hall–Kier alpha value is -1.64. The van der Waals surface area contributed by atoms with Gasteiger partial charge in [0, 0.05) is 35.9 Å². The molecule has 2 aromatic rings. The maximum Gasteiger partial charge on any atom is 0.241 e. The third-order valence-corrected chi connectivity index (χ3v) is 11.1. The van der Waals surface area contributed by atoms with E-state index in [9.17, 15) is 4.79 Å². The van der Waals surface area contributed by atoms with Crippen LogP contribution in [0.5, 0.6) is 5.75 Å². The summed E-state index contributed by atoms with van der Waals surface area (Å²) >= 11 is 0. The van der Waals surface area contributed by atoms with Crippen LogP contribution in [-0.2, 0) is 11.3 Å². The number of rotatable bonds is 8. The van der Waals surface area contributed by atoms with Crippen molar-refractivity contribution >= 4 is 27.5 Å². The van der Waals surface area contributed by atoms with Crippen LogP contribution in [0.3, 0.4) is 0 Å². The van der Waals surface area contributed by atoms with Crippen molar-refractivity contribution in [3.8, 4) is 17.0 Å². The molecule has 1 aliphatic heterocycles. The lowest BCUT2D eigenvalue weighted by molar-refractivity contribution is -0.137. The molecular formula is C28H40N4O2S2. The first kappa shape index (κ1) is 26.0. The highest BCUT2D eigenvalue weighted by atomic mass is 33.1. The van der Waals surface area contributed by atoms with E-state index in [0.29, 0.717) is 18.2 Å². The molecule has 2 N–H and O–H groups in total. The molecule has 0 radical (unpaired) electrons. The van der Waals surface area contributed by atoms with Gasteiger partial charge in [0.2, 0.25) is 5.91 Å². The van der Waals surface area contributed by atoms with E-state index < -0.39 is 6.04 Å². The Kier molecular flexibility index (Phi) is 8.86. The Balaban J connectivity index is 1.34. The predicted molar refractivity (Wildman–Crippen MR) is 150 cm³/mol. The van der Waals surface area contributed by atoms with E-state index in [1.165, 1.54) is 51.4 Å². The number of nitrogens with two attached hydrogens (primary N) is 1. The van der Waals surface area contributed by atoms with E-state index in [-0.39, 0.29) is 11.9 Å². The molecule has 2 fully saturated rings. The van der Waals surface area contributed by atoms with E-state index in [4.69, 9.17) is 15.5 Å². The number of imidazole rings is 1. The summed E-state index contributed by atoms with van der Waals surface area (Å²) < 4.78 is 7.88. The van der Waals surface area contributed by atoms with E-state index in [2.05, 4.69) is 21.7 Å². The number of benzene rings is 1. The highest BCUT2D eigenvalue weighted by molar-refractivity contribution is 8.77. The molecule has 5 rings (SSSR count). The Morgan fingerprint density at radius 1 is 1.08 bits per heavy atom. The lowest BCUT2D eigenvalue weighted by Gasteiger charge is -2.42. The molecule has 2 atom stereocenters. The van der Waals surface area contributed by atoms with Gasteiger partial charge in [0.15, 0.2) is 0 Å². The SMILES string of the molecule is COc1ccccc1-c1cn2c(n1)C(C1CCCCC1)N(C(=O)[C@@H](N)CSSC1CCCCC1)CC2. The highest BCUT2D eigenvalue weighted by Crippen LogP contribution is 2.42. The molecule has 2 saturated carbocycles. The van der Waals surface area contributed by atoms with Crippen LogP contribution < -0.4 is 10.5 Å². The largest absolute Gasteiger partial charge is 0.496 e. The van der Waals surface area contributed by atoms with E-state index in [0.717, 1.165) is 47.5 Å². The second-order valence-electron chi connectivity index (χ2n) is 10.5. The zero-order valence-corrected chi connectivity index (χ0v) is 23.1. The topological polar surface area (TPSA) is 73.4 Å². The Morgan fingerprint density at radius 2 is 1.81 bits per heavy atom. The third kappa shape index (κ3) is 5.76. The van der Waals surface area contributed by atoms with Crippen molar-refractivity contribution < 1.29 is 9.53 Å². The molecule has 2 heterocycles. The van der Waals surface area contributed by atoms with Gasteiger partial charge in [0.25, 0.3) is 0 Å². The summed E-state index contributed by atoms with van der Waals surface area (Å²) in [5.41, 5.74) is 8.45. The van der Waals surface area contributed by atoms with E-state index in [1.807, 2.05) is 29.0 Å². The van der Waals surface area contributed by atoms with Crippen LogP contribution in [-0.4, -0.2) is 51.1 Å². The van der Waals surface area contributed by atoms with E-state index in [1.54, 1.807) is 17.9 Å². The standard InChI is InChI=1S/C28H40N4O2S2/c1-34-25-15-9-8-14-22(25)24-18-31-16-17-32(26(27(31)30-24)20-10-4-2-5-11-20)28(33)23(29)19-35-36-21-12-6-3-7-13-21/h8-9,14-15,18,20-21,23,26H,2-7,10-13,16-17,19,29H2,1H3/t23-,26?/m0/s1. The zero-order valence-electron chi connectivity index (χ0n) is 21.4. The number of ether oxygens (including phenoxy) is 1. The smallest absolute Gasteiger partial charge is 0.241 e. The van der Waals surface area contributed by atoms with Crippen LogP contribution in [0.4, 0.5) is 0 Å². The van der Waals surface area contributed by atoms with Gasteiger partial charge in [-0.1, -0.05) is 72.2 Å². The molecule has 0 bridgehead atoms. The Labute approximate surface area is 223 Å². The predicted octanol–water partition coefficient (Wildman–Crippen LogP) is 6.06. The second kappa shape index (κ2) is 12.3. The fraction of sp³-hybridized carbons (Fsp3) is 0.643. The molecule has 8 heteroatoms. The molecular weight excluding hydrogens is 488 g/mol. The summed E-state index contributed by atoms with van der Waals surface area (Å²) in [5.74, 6) is 3.04. The van der Waals surface area contributed by atoms with Gasteiger partial charge in [-0.15, -0.1) is 0 Å². The number of nitrogens with zero attached hydrogens (tertiary/aromatic N) is 3. The average molecular weight is 529 g/mol. The van der Waals surface area contributed by atoms with Crippen molar-refractivity contribution in [1.29, 1.82) is 0 Å². The summed E-state index contributed by atoms with van der Waals surface area (Å²) in [7, 11) is 5.45. The number of fused-ring (bicyclic) bond motifs is 1. The van der Waals surface area contributed by atoms with Gasteiger partial charge in [0.05, 0.1) is 24.9 Å². The maximum atomic E-state index is 13.7.